The van der Waals surface area contributed by atoms with Crippen molar-refractivity contribution in [1.29, 1.82) is 0 Å². The van der Waals surface area contributed by atoms with E-state index < -0.39 is 0 Å². The molecule has 27 heavy (non-hydrogen) atoms. The molecule has 3 aromatic rings. The molecule has 2 N–H and O–H groups in total. The van der Waals surface area contributed by atoms with Gasteiger partial charge in [0, 0.05) is 30.4 Å². The van der Waals surface area contributed by atoms with Gasteiger partial charge in [0.2, 0.25) is 0 Å². The number of carbonyl (C=O) groups is 2. The number of carbonyl (C=O) groups excluding carboxylic acids is 2. The average Bonchev–Trinajstić information content (AvgIpc) is 3.05. The van der Waals surface area contributed by atoms with Crippen molar-refractivity contribution in [1.82, 2.24) is 15.1 Å². The summed E-state index contributed by atoms with van der Waals surface area (Å²) in [4.78, 5) is 24.6. The van der Waals surface area contributed by atoms with Gasteiger partial charge in [0.15, 0.2) is 0 Å². The molecule has 0 spiro atoms. The predicted molar refractivity (Wildman–Crippen MR) is 99.0 cm³/mol. The van der Waals surface area contributed by atoms with Gasteiger partial charge >= 0.3 is 0 Å². The van der Waals surface area contributed by atoms with Gasteiger partial charge in [-0.05, 0) is 54.4 Å². The van der Waals surface area contributed by atoms with Gasteiger partial charge in [-0.15, -0.1) is 0 Å². The molecule has 2 aromatic carbocycles. The largest absolute Gasteiger partial charge is 0.352 e. The van der Waals surface area contributed by atoms with Crippen LogP contribution in [-0.4, -0.2) is 28.1 Å². The maximum absolute atomic E-state index is 13.1. The second kappa shape index (κ2) is 6.68. The molecule has 2 heterocycles. The molecular formula is C20H17FN4O2. The first-order chi connectivity index (χ1) is 13.0. The monoisotopic (exact) mass is 364 g/mol. The Hall–Kier alpha value is -3.48. The minimum atomic E-state index is -0.338. The Morgan fingerprint density at radius 2 is 1.96 bits per heavy atom. The van der Waals surface area contributed by atoms with Crippen LogP contribution in [0.15, 0.2) is 48.5 Å². The first-order valence-electron chi connectivity index (χ1n) is 8.54. The SMILES string of the molecule is Cn1nc(-c2ccc(F)cc2)cc1C(=O)Nc1ccc2c(c1)C(=O)NCC2. The van der Waals surface area contributed by atoms with E-state index in [9.17, 15) is 14.0 Å². The van der Waals surface area contributed by atoms with Gasteiger partial charge in [0.05, 0.1) is 5.69 Å². The minimum Gasteiger partial charge on any atom is -0.352 e. The lowest BCUT2D eigenvalue weighted by Gasteiger charge is -2.17. The normalized spacial score (nSPS) is 13.0. The number of aromatic nitrogens is 2. The third-order valence-corrected chi connectivity index (χ3v) is 4.54. The number of rotatable bonds is 3. The van der Waals surface area contributed by atoms with Crippen LogP contribution in [-0.2, 0) is 13.5 Å². The molecule has 0 saturated heterocycles. The van der Waals surface area contributed by atoms with Crippen LogP contribution in [0.2, 0.25) is 0 Å². The second-order valence-electron chi connectivity index (χ2n) is 6.38. The highest BCUT2D eigenvalue weighted by Crippen LogP contribution is 2.22. The number of benzene rings is 2. The maximum atomic E-state index is 13.1. The van der Waals surface area contributed by atoms with Crippen LogP contribution in [0.5, 0.6) is 0 Å². The number of halogens is 1. The van der Waals surface area contributed by atoms with Crippen molar-refractivity contribution in [3.05, 3.63) is 71.2 Å². The van der Waals surface area contributed by atoms with E-state index in [1.165, 1.54) is 16.8 Å². The lowest BCUT2D eigenvalue weighted by Crippen LogP contribution is -2.31. The van der Waals surface area contributed by atoms with Crippen molar-refractivity contribution in [2.75, 3.05) is 11.9 Å². The summed E-state index contributed by atoms with van der Waals surface area (Å²) in [5, 5.41) is 9.92. The van der Waals surface area contributed by atoms with Crippen LogP contribution in [0.3, 0.4) is 0 Å². The zero-order valence-electron chi connectivity index (χ0n) is 14.6. The van der Waals surface area contributed by atoms with E-state index in [4.69, 9.17) is 0 Å². The van der Waals surface area contributed by atoms with Crippen LogP contribution >= 0.6 is 0 Å². The molecule has 0 aliphatic carbocycles. The number of hydrogen-bond donors (Lipinski definition) is 2. The first kappa shape index (κ1) is 17.0. The van der Waals surface area contributed by atoms with Crippen molar-refractivity contribution in [3.63, 3.8) is 0 Å². The lowest BCUT2D eigenvalue weighted by atomic mass is 10.00. The average molecular weight is 364 g/mol. The van der Waals surface area contributed by atoms with Crippen LogP contribution in [0, 0.1) is 5.82 Å². The molecule has 0 unspecified atom stereocenters. The van der Waals surface area contributed by atoms with Gasteiger partial charge in [0.25, 0.3) is 11.8 Å². The molecule has 0 bridgehead atoms. The molecule has 136 valence electrons. The Balaban J connectivity index is 1.58. The number of nitrogens with zero attached hydrogens (tertiary/aromatic N) is 2. The van der Waals surface area contributed by atoms with Crippen molar-refractivity contribution in [2.24, 2.45) is 7.05 Å². The van der Waals surface area contributed by atoms with Crippen molar-refractivity contribution >= 4 is 17.5 Å². The van der Waals surface area contributed by atoms with Gasteiger partial charge < -0.3 is 10.6 Å². The van der Waals surface area contributed by atoms with Crippen LogP contribution < -0.4 is 10.6 Å². The van der Waals surface area contributed by atoms with E-state index in [2.05, 4.69) is 15.7 Å². The molecular weight excluding hydrogens is 347 g/mol. The van der Waals surface area contributed by atoms with Crippen LogP contribution in [0.4, 0.5) is 10.1 Å². The van der Waals surface area contributed by atoms with Gasteiger partial charge in [-0.1, -0.05) is 6.07 Å². The van der Waals surface area contributed by atoms with Crippen molar-refractivity contribution < 1.29 is 14.0 Å². The molecule has 1 aliphatic heterocycles. The fraction of sp³-hybridized carbons (Fsp3) is 0.150. The first-order valence-corrected chi connectivity index (χ1v) is 8.54. The summed E-state index contributed by atoms with van der Waals surface area (Å²) < 4.78 is 14.6. The Morgan fingerprint density at radius 1 is 1.19 bits per heavy atom. The number of hydrogen-bond acceptors (Lipinski definition) is 3. The Labute approximate surface area is 155 Å². The third-order valence-electron chi connectivity index (χ3n) is 4.54. The minimum absolute atomic E-state index is 0.133. The highest BCUT2D eigenvalue weighted by atomic mass is 19.1. The Morgan fingerprint density at radius 3 is 2.74 bits per heavy atom. The quantitative estimate of drug-likeness (QED) is 0.750. The van der Waals surface area contributed by atoms with E-state index >= 15 is 0 Å². The number of anilines is 1. The fourth-order valence-corrected chi connectivity index (χ4v) is 3.13. The summed E-state index contributed by atoms with van der Waals surface area (Å²) >= 11 is 0. The van der Waals surface area contributed by atoms with Gasteiger partial charge in [-0.2, -0.15) is 5.10 Å². The van der Waals surface area contributed by atoms with Gasteiger partial charge in [-0.3, -0.25) is 14.3 Å². The molecule has 1 aliphatic rings. The zero-order chi connectivity index (χ0) is 19.0. The predicted octanol–water partition coefficient (Wildman–Crippen LogP) is 2.76. The zero-order valence-corrected chi connectivity index (χ0v) is 14.6. The molecule has 2 amide bonds. The van der Waals surface area contributed by atoms with E-state index in [1.807, 2.05) is 6.07 Å². The molecule has 0 fully saturated rings. The topological polar surface area (TPSA) is 76.0 Å². The highest BCUT2D eigenvalue weighted by Gasteiger charge is 2.19. The molecule has 0 radical (unpaired) electrons. The fourth-order valence-electron chi connectivity index (χ4n) is 3.13. The third kappa shape index (κ3) is 3.31. The Kier molecular flexibility index (Phi) is 4.19. The summed E-state index contributed by atoms with van der Waals surface area (Å²) in [6.45, 7) is 0.624. The second-order valence-corrected chi connectivity index (χ2v) is 6.38. The standard InChI is InChI=1S/C20H17FN4O2/c1-25-18(11-17(24-25)13-2-5-14(21)6-3-13)20(27)23-15-7-4-12-8-9-22-19(26)16(12)10-15/h2-7,10-11H,8-9H2,1H3,(H,22,26)(H,23,27). The van der Waals surface area contributed by atoms with E-state index in [0.29, 0.717) is 29.2 Å². The van der Waals surface area contributed by atoms with Gasteiger partial charge in [0.1, 0.15) is 11.5 Å². The summed E-state index contributed by atoms with van der Waals surface area (Å²) in [5.74, 6) is -0.801. The molecule has 6 nitrogen and oxygen atoms in total. The van der Waals surface area contributed by atoms with Crippen LogP contribution in [0.25, 0.3) is 11.3 Å². The number of amides is 2. The molecule has 1 aromatic heterocycles. The summed E-state index contributed by atoms with van der Waals surface area (Å²) in [6.07, 6.45) is 0.776. The van der Waals surface area contributed by atoms with Crippen molar-refractivity contribution in [2.45, 2.75) is 6.42 Å². The van der Waals surface area contributed by atoms with Crippen LogP contribution in [0.1, 0.15) is 26.4 Å². The van der Waals surface area contributed by atoms with E-state index in [0.717, 1.165) is 17.5 Å². The smallest absolute Gasteiger partial charge is 0.273 e. The molecule has 0 atom stereocenters. The van der Waals surface area contributed by atoms with Crippen molar-refractivity contribution in [3.8, 4) is 11.3 Å². The van der Waals surface area contributed by atoms with E-state index in [-0.39, 0.29) is 17.6 Å². The highest BCUT2D eigenvalue weighted by molar-refractivity contribution is 6.05. The number of nitrogens with one attached hydrogen (secondary N) is 2. The number of fused-ring (bicyclic) bond motifs is 1. The molecule has 0 saturated carbocycles. The molecule has 4 rings (SSSR count). The van der Waals surface area contributed by atoms with Gasteiger partial charge in [-0.25, -0.2) is 4.39 Å². The summed E-state index contributed by atoms with van der Waals surface area (Å²) in [5.41, 5.74) is 3.74. The van der Waals surface area contributed by atoms with E-state index in [1.54, 1.807) is 37.4 Å². The number of aryl methyl sites for hydroxylation is 1. The maximum Gasteiger partial charge on any atom is 0.273 e. The summed E-state index contributed by atoms with van der Waals surface area (Å²) in [7, 11) is 1.67. The Bertz CT molecular complexity index is 1040. The summed E-state index contributed by atoms with van der Waals surface area (Å²) in [6, 6.07) is 12.9. The molecule has 7 heteroatoms. The lowest BCUT2D eigenvalue weighted by molar-refractivity contribution is 0.0944.